The highest BCUT2D eigenvalue weighted by Gasteiger charge is 2.17. The normalized spacial score (nSPS) is 14.6. The lowest BCUT2D eigenvalue weighted by Crippen LogP contribution is -2.22. The molecule has 2 aromatic rings. The third-order valence-corrected chi connectivity index (χ3v) is 5.75. The smallest absolute Gasteiger partial charge is 0.175 e. The van der Waals surface area contributed by atoms with Gasteiger partial charge in [0.2, 0.25) is 0 Å². The first-order valence-electron chi connectivity index (χ1n) is 6.65. The van der Waals surface area contributed by atoms with E-state index in [9.17, 15) is 8.42 Å². The van der Waals surface area contributed by atoms with E-state index in [1.165, 1.54) is 11.8 Å². The summed E-state index contributed by atoms with van der Waals surface area (Å²) in [6.07, 6.45) is 1.21. The minimum Gasteiger partial charge on any atom is -0.327 e. The molecule has 3 nitrogen and oxygen atoms in total. The van der Waals surface area contributed by atoms with Gasteiger partial charge in [-0.25, -0.2) is 8.42 Å². The van der Waals surface area contributed by atoms with Gasteiger partial charge >= 0.3 is 0 Å². The van der Waals surface area contributed by atoms with E-state index in [1.807, 2.05) is 37.3 Å². The zero-order valence-corrected chi connectivity index (χ0v) is 13.7. The molecular weight excluding hydrogens is 302 g/mol. The summed E-state index contributed by atoms with van der Waals surface area (Å²) in [6, 6.07) is 17.0. The minimum atomic E-state index is -3.15. The molecule has 0 aliphatic heterocycles. The second kappa shape index (κ2) is 6.64. The van der Waals surface area contributed by atoms with Gasteiger partial charge in [0.25, 0.3) is 0 Å². The number of sulfone groups is 1. The maximum absolute atomic E-state index is 11.5. The van der Waals surface area contributed by atoms with Crippen molar-refractivity contribution in [3.63, 3.8) is 0 Å². The van der Waals surface area contributed by atoms with Crippen LogP contribution in [-0.2, 0) is 9.84 Å². The van der Waals surface area contributed by atoms with Gasteiger partial charge in [-0.1, -0.05) is 30.3 Å². The van der Waals surface area contributed by atoms with Crippen LogP contribution in [0, 0.1) is 0 Å². The average Bonchev–Trinajstić information content (AvgIpc) is 2.45. The Labute approximate surface area is 130 Å². The van der Waals surface area contributed by atoms with Crippen molar-refractivity contribution in [2.24, 2.45) is 5.73 Å². The molecule has 2 aromatic carbocycles. The lowest BCUT2D eigenvalue weighted by Gasteiger charge is -2.21. The van der Waals surface area contributed by atoms with Crippen molar-refractivity contribution < 1.29 is 8.42 Å². The number of hydrogen-bond donors (Lipinski definition) is 1. The number of rotatable bonds is 5. The van der Waals surface area contributed by atoms with Crippen LogP contribution in [0.25, 0.3) is 0 Å². The average molecular weight is 321 g/mol. The van der Waals surface area contributed by atoms with Gasteiger partial charge in [0.15, 0.2) is 9.84 Å². The van der Waals surface area contributed by atoms with Crippen molar-refractivity contribution in [2.45, 2.75) is 28.0 Å². The van der Waals surface area contributed by atoms with E-state index in [-0.39, 0.29) is 11.3 Å². The van der Waals surface area contributed by atoms with Crippen LogP contribution in [0.4, 0.5) is 0 Å². The molecule has 0 radical (unpaired) electrons. The molecule has 0 saturated heterocycles. The Bertz CT molecular complexity index is 680. The molecule has 0 amide bonds. The number of benzene rings is 2. The van der Waals surface area contributed by atoms with Crippen LogP contribution in [0.2, 0.25) is 0 Å². The van der Waals surface area contributed by atoms with Crippen LogP contribution >= 0.6 is 11.8 Å². The van der Waals surface area contributed by atoms with Crippen molar-refractivity contribution in [3.05, 3.63) is 60.2 Å². The van der Waals surface area contributed by atoms with Gasteiger partial charge in [-0.05, 0) is 36.8 Å². The van der Waals surface area contributed by atoms with Crippen molar-refractivity contribution >= 4 is 21.6 Å². The van der Waals surface area contributed by atoms with Gasteiger partial charge in [0.05, 0.1) is 4.90 Å². The molecule has 21 heavy (non-hydrogen) atoms. The first-order valence-corrected chi connectivity index (χ1v) is 9.42. The Morgan fingerprint density at radius 3 is 2.05 bits per heavy atom. The number of hydrogen-bond acceptors (Lipinski definition) is 4. The van der Waals surface area contributed by atoms with Crippen LogP contribution < -0.4 is 5.73 Å². The second-order valence-electron chi connectivity index (χ2n) is 5.05. The number of nitrogens with two attached hydrogens (primary N) is 1. The summed E-state index contributed by atoms with van der Waals surface area (Å²) in [6.45, 7) is 1.98. The van der Waals surface area contributed by atoms with Crippen LogP contribution in [-0.4, -0.2) is 20.7 Å². The van der Waals surface area contributed by atoms with E-state index in [0.717, 1.165) is 4.90 Å². The predicted molar refractivity (Wildman–Crippen MR) is 88.2 cm³/mol. The summed E-state index contributed by atoms with van der Waals surface area (Å²) in [5, 5.41) is 0.135. The van der Waals surface area contributed by atoms with Crippen LogP contribution in [0.5, 0.6) is 0 Å². The molecule has 112 valence electrons. The van der Waals surface area contributed by atoms with Gasteiger partial charge in [-0.2, -0.15) is 0 Å². The summed E-state index contributed by atoms with van der Waals surface area (Å²) in [5.74, 6) is 0. The highest BCUT2D eigenvalue weighted by atomic mass is 32.2. The Kier molecular flexibility index (Phi) is 5.08. The molecule has 0 fully saturated rings. The Balaban J connectivity index is 2.22. The van der Waals surface area contributed by atoms with E-state index < -0.39 is 9.84 Å². The molecular formula is C16H19NO2S2. The first-order chi connectivity index (χ1) is 9.88. The Morgan fingerprint density at radius 2 is 1.57 bits per heavy atom. The zero-order valence-electron chi connectivity index (χ0n) is 12.1. The summed E-state index contributed by atoms with van der Waals surface area (Å²) >= 11 is 1.65. The fourth-order valence-corrected chi connectivity index (χ4v) is 3.76. The molecule has 0 aliphatic rings. The monoisotopic (exact) mass is 321 g/mol. The van der Waals surface area contributed by atoms with Crippen LogP contribution in [0.1, 0.15) is 17.7 Å². The van der Waals surface area contributed by atoms with Crippen molar-refractivity contribution in [1.82, 2.24) is 0 Å². The summed E-state index contributed by atoms with van der Waals surface area (Å²) < 4.78 is 22.9. The highest BCUT2D eigenvalue weighted by molar-refractivity contribution is 7.99. The van der Waals surface area contributed by atoms with Crippen molar-refractivity contribution in [1.29, 1.82) is 0 Å². The van der Waals surface area contributed by atoms with Gasteiger partial charge < -0.3 is 5.73 Å². The van der Waals surface area contributed by atoms with Crippen molar-refractivity contribution in [2.75, 3.05) is 6.26 Å². The summed E-state index contributed by atoms with van der Waals surface area (Å²) in [7, 11) is -3.15. The minimum absolute atomic E-state index is 0.00742. The standard InChI is InChI=1S/C16H19NO2S2/c1-12(17)16(13-6-4-3-5-7-13)20-14-8-10-15(11-9-14)21(2,18)19/h3-12,16H,17H2,1-2H3. The molecule has 0 bridgehead atoms. The molecule has 2 atom stereocenters. The fourth-order valence-electron chi connectivity index (χ4n) is 2.03. The van der Waals surface area contributed by atoms with Gasteiger partial charge in [0, 0.05) is 22.4 Å². The largest absolute Gasteiger partial charge is 0.327 e. The van der Waals surface area contributed by atoms with Crippen LogP contribution in [0.15, 0.2) is 64.4 Å². The maximum Gasteiger partial charge on any atom is 0.175 e. The molecule has 0 aliphatic carbocycles. The lowest BCUT2D eigenvalue weighted by molar-refractivity contribution is 0.602. The molecule has 0 aromatic heterocycles. The Hall–Kier alpha value is -1.30. The second-order valence-corrected chi connectivity index (χ2v) is 8.28. The van der Waals surface area contributed by atoms with Crippen LogP contribution in [0.3, 0.4) is 0 Å². The summed E-state index contributed by atoms with van der Waals surface area (Å²) in [5.41, 5.74) is 7.27. The predicted octanol–water partition coefficient (Wildman–Crippen LogP) is 3.27. The lowest BCUT2D eigenvalue weighted by atomic mass is 10.1. The van der Waals surface area contributed by atoms with E-state index in [2.05, 4.69) is 12.1 Å². The molecule has 5 heteroatoms. The molecule has 0 spiro atoms. The fraction of sp³-hybridized carbons (Fsp3) is 0.250. The maximum atomic E-state index is 11.5. The van der Waals surface area contributed by atoms with E-state index in [1.54, 1.807) is 23.9 Å². The topological polar surface area (TPSA) is 60.2 Å². The Morgan fingerprint density at radius 1 is 1.00 bits per heavy atom. The highest BCUT2D eigenvalue weighted by Crippen LogP contribution is 2.37. The molecule has 2 rings (SSSR count). The SMILES string of the molecule is CC(N)C(Sc1ccc(S(C)(=O)=O)cc1)c1ccccc1. The number of thioether (sulfide) groups is 1. The van der Waals surface area contributed by atoms with Gasteiger partial charge in [0.1, 0.15) is 0 Å². The van der Waals surface area contributed by atoms with E-state index >= 15 is 0 Å². The van der Waals surface area contributed by atoms with E-state index in [4.69, 9.17) is 5.73 Å². The molecule has 2 N–H and O–H groups in total. The summed E-state index contributed by atoms with van der Waals surface area (Å²) in [4.78, 5) is 1.34. The third-order valence-electron chi connectivity index (χ3n) is 3.12. The van der Waals surface area contributed by atoms with Gasteiger partial charge in [-0.3, -0.25) is 0 Å². The van der Waals surface area contributed by atoms with E-state index in [0.29, 0.717) is 4.90 Å². The third kappa shape index (κ3) is 4.33. The molecule has 0 heterocycles. The molecule has 2 unspecified atom stereocenters. The quantitative estimate of drug-likeness (QED) is 0.859. The molecule has 0 saturated carbocycles. The zero-order chi connectivity index (χ0) is 15.5. The van der Waals surface area contributed by atoms with Crippen molar-refractivity contribution in [3.8, 4) is 0 Å². The van der Waals surface area contributed by atoms with Gasteiger partial charge in [-0.15, -0.1) is 11.8 Å². The first kappa shape index (κ1) is 16.1.